The van der Waals surface area contributed by atoms with Crippen molar-refractivity contribution in [1.29, 1.82) is 0 Å². The molecule has 0 heterocycles. The van der Waals surface area contributed by atoms with E-state index in [0.29, 0.717) is 5.56 Å². The summed E-state index contributed by atoms with van der Waals surface area (Å²) in [5.74, 6) is 2.23. The summed E-state index contributed by atoms with van der Waals surface area (Å²) in [5.41, 5.74) is 6.91. The van der Waals surface area contributed by atoms with Crippen molar-refractivity contribution in [2.24, 2.45) is 5.73 Å². The van der Waals surface area contributed by atoms with Crippen LogP contribution in [0, 0.1) is 12.3 Å². The van der Waals surface area contributed by atoms with Crippen LogP contribution in [0.25, 0.3) is 0 Å². The van der Waals surface area contributed by atoms with E-state index in [9.17, 15) is 4.79 Å². The summed E-state index contributed by atoms with van der Waals surface area (Å²) >= 11 is 0. The van der Waals surface area contributed by atoms with Crippen LogP contribution in [0.2, 0.25) is 0 Å². The highest BCUT2D eigenvalue weighted by atomic mass is 16.1. The molecule has 0 aliphatic carbocycles. The van der Waals surface area contributed by atoms with Gasteiger partial charge in [-0.25, -0.2) is 0 Å². The molecule has 0 aliphatic rings. The van der Waals surface area contributed by atoms with Crippen molar-refractivity contribution in [3.05, 3.63) is 35.4 Å². The van der Waals surface area contributed by atoms with Crippen LogP contribution >= 0.6 is 0 Å². The maximum atomic E-state index is 10.9. The summed E-state index contributed by atoms with van der Waals surface area (Å²) in [6.07, 6.45) is 9.00. The zero-order chi connectivity index (χ0) is 11.1. The molecule has 1 aromatic carbocycles. The van der Waals surface area contributed by atoms with Gasteiger partial charge in [-0.15, -0.1) is 12.3 Å². The number of carbonyl (C=O) groups excluding carboxylic acids is 1. The average molecular weight is 201 g/mol. The second-order valence-corrected chi connectivity index (χ2v) is 3.48. The number of rotatable bonds is 5. The molecule has 2 nitrogen and oxygen atoms in total. The van der Waals surface area contributed by atoms with E-state index in [0.717, 1.165) is 31.2 Å². The quantitative estimate of drug-likeness (QED) is 0.575. The minimum Gasteiger partial charge on any atom is -0.366 e. The lowest BCUT2D eigenvalue weighted by atomic mass is 10.0. The van der Waals surface area contributed by atoms with Gasteiger partial charge in [0.15, 0.2) is 0 Å². The Balaban J connectivity index is 2.51. The Kier molecular flexibility index (Phi) is 4.43. The lowest BCUT2D eigenvalue weighted by Gasteiger charge is -2.02. The van der Waals surface area contributed by atoms with Crippen LogP contribution in [0.15, 0.2) is 24.3 Å². The predicted octanol–water partition coefficient (Wildman–Crippen LogP) is 2.13. The van der Waals surface area contributed by atoms with Crippen LogP contribution in [0.5, 0.6) is 0 Å². The van der Waals surface area contributed by atoms with Gasteiger partial charge in [-0.1, -0.05) is 12.1 Å². The highest BCUT2D eigenvalue weighted by Crippen LogP contribution is 2.09. The standard InChI is InChI=1S/C13H15NO/c1-2-3-4-5-7-11-8-6-9-12(10-11)13(14)15/h1,6,8-10H,3-5,7H2,(H2,14,15). The Morgan fingerprint density at radius 2 is 2.20 bits per heavy atom. The molecule has 0 aromatic heterocycles. The molecule has 78 valence electrons. The number of carbonyl (C=O) groups is 1. The Morgan fingerprint density at radius 3 is 2.87 bits per heavy atom. The third kappa shape index (κ3) is 3.86. The first-order valence-electron chi connectivity index (χ1n) is 5.06. The number of amides is 1. The van der Waals surface area contributed by atoms with Crippen molar-refractivity contribution in [1.82, 2.24) is 0 Å². The molecule has 0 atom stereocenters. The van der Waals surface area contributed by atoms with Gasteiger partial charge in [0.1, 0.15) is 0 Å². The maximum Gasteiger partial charge on any atom is 0.248 e. The summed E-state index contributed by atoms with van der Waals surface area (Å²) in [4.78, 5) is 10.9. The van der Waals surface area contributed by atoms with E-state index in [1.165, 1.54) is 0 Å². The first-order chi connectivity index (χ1) is 7.24. The van der Waals surface area contributed by atoms with E-state index in [2.05, 4.69) is 5.92 Å². The predicted molar refractivity (Wildman–Crippen MR) is 61.3 cm³/mol. The normalized spacial score (nSPS) is 9.53. The molecule has 0 saturated heterocycles. The Hall–Kier alpha value is -1.75. The fourth-order valence-electron chi connectivity index (χ4n) is 1.44. The molecular weight excluding hydrogens is 186 g/mol. The van der Waals surface area contributed by atoms with Crippen molar-refractivity contribution in [3.8, 4) is 12.3 Å². The number of primary amides is 1. The zero-order valence-corrected chi connectivity index (χ0v) is 8.70. The Morgan fingerprint density at radius 1 is 1.40 bits per heavy atom. The van der Waals surface area contributed by atoms with Crippen LogP contribution in [0.4, 0.5) is 0 Å². The van der Waals surface area contributed by atoms with Gasteiger partial charge in [-0.2, -0.15) is 0 Å². The van der Waals surface area contributed by atoms with Crippen molar-refractivity contribution in [2.45, 2.75) is 25.7 Å². The number of terminal acetylenes is 1. The van der Waals surface area contributed by atoms with Crippen molar-refractivity contribution in [3.63, 3.8) is 0 Å². The molecule has 0 radical (unpaired) electrons. The number of aryl methyl sites for hydroxylation is 1. The van der Waals surface area contributed by atoms with E-state index in [1.54, 1.807) is 6.07 Å². The highest BCUT2D eigenvalue weighted by molar-refractivity contribution is 5.92. The molecule has 0 bridgehead atoms. The minimum atomic E-state index is -0.375. The van der Waals surface area contributed by atoms with Gasteiger partial charge in [0.2, 0.25) is 5.91 Å². The van der Waals surface area contributed by atoms with E-state index >= 15 is 0 Å². The molecule has 0 fully saturated rings. The first-order valence-corrected chi connectivity index (χ1v) is 5.06. The fourth-order valence-corrected chi connectivity index (χ4v) is 1.44. The lowest BCUT2D eigenvalue weighted by molar-refractivity contribution is 0.1000. The number of nitrogens with two attached hydrogens (primary N) is 1. The van der Waals surface area contributed by atoms with E-state index in [1.807, 2.05) is 18.2 Å². The maximum absolute atomic E-state index is 10.9. The van der Waals surface area contributed by atoms with Crippen molar-refractivity contribution >= 4 is 5.91 Å². The summed E-state index contributed by atoms with van der Waals surface area (Å²) in [6, 6.07) is 7.43. The Labute approximate surface area is 90.5 Å². The fraction of sp³-hybridized carbons (Fsp3) is 0.308. The van der Waals surface area contributed by atoms with Crippen LogP contribution in [0.1, 0.15) is 35.2 Å². The molecular formula is C13H15NO. The second-order valence-electron chi connectivity index (χ2n) is 3.48. The van der Waals surface area contributed by atoms with Crippen molar-refractivity contribution < 1.29 is 4.79 Å². The topological polar surface area (TPSA) is 43.1 Å². The summed E-state index contributed by atoms with van der Waals surface area (Å²) in [5, 5.41) is 0. The number of unbranched alkanes of at least 4 members (excludes halogenated alkanes) is 2. The summed E-state index contributed by atoms with van der Waals surface area (Å²) < 4.78 is 0. The average Bonchev–Trinajstić information content (AvgIpc) is 2.25. The monoisotopic (exact) mass is 201 g/mol. The van der Waals surface area contributed by atoms with E-state index in [4.69, 9.17) is 12.2 Å². The molecule has 0 unspecified atom stereocenters. The van der Waals surface area contributed by atoms with Crippen molar-refractivity contribution in [2.75, 3.05) is 0 Å². The number of benzene rings is 1. The molecule has 15 heavy (non-hydrogen) atoms. The van der Waals surface area contributed by atoms with Gasteiger partial charge in [0.25, 0.3) is 0 Å². The van der Waals surface area contributed by atoms with Gasteiger partial charge < -0.3 is 5.73 Å². The third-order valence-corrected chi connectivity index (χ3v) is 2.25. The molecule has 0 aliphatic heterocycles. The molecule has 1 amide bonds. The SMILES string of the molecule is C#CCCCCc1cccc(C(N)=O)c1. The van der Waals surface area contributed by atoms with Gasteiger partial charge in [0, 0.05) is 12.0 Å². The van der Waals surface area contributed by atoms with Crippen LogP contribution in [0.3, 0.4) is 0 Å². The van der Waals surface area contributed by atoms with Crippen LogP contribution in [-0.4, -0.2) is 5.91 Å². The third-order valence-electron chi connectivity index (χ3n) is 2.25. The van der Waals surface area contributed by atoms with Gasteiger partial charge in [-0.05, 0) is 37.0 Å². The molecule has 2 N–H and O–H groups in total. The van der Waals surface area contributed by atoms with Gasteiger partial charge in [-0.3, -0.25) is 4.79 Å². The smallest absolute Gasteiger partial charge is 0.248 e. The van der Waals surface area contributed by atoms with Crippen LogP contribution < -0.4 is 5.73 Å². The van der Waals surface area contributed by atoms with Gasteiger partial charge >= 0.3 is 0 Å². The molecule has 1 rings (SSSR count). The van der Waals surface area contributed by atoms with Crippen LogP contribution in [-0.2, 0) is 6.42 Å². The Bertz CT molecular complexity index is 376. The van der Waals surface area contributed by atoms with Gasteiger partial charge in [0.05, 0.1) is 0 Å². The molecule has 0 saturated carbocycles. The molecule has 1 aromatic rings. The highest BCUT2D eigenvalue weighted by Gasteiger charge is 2.00. The second kappa shape index (κ2) is 5.87. The van der Waals surface area contributed by atoms with E-state index in [-0.39, 0.29) is 5.91 Å². The number of hydrogen-bond donors (Lipinski definition) is 1. The lowest BCUT2D eigenvalue weighted by Crippen LogP contribution is -2.10. The first kappa shape index (κ1) is 11.3. The molecule has 0 spiro atoms. The summed E-state index contributed by atoms with van der Waals surface area (Å²) in [7, 11) is 0. The summed E-state index contributed by atoms with van der Waals surface area (Å²) in [6.45, 7) is 0. The molecule has 2 heteroatoms. The minimum absolute atomic E-state index is 0.375. The largest absolute Gasteiger partial charge is 0.366 e. The number of hydrogen-bond acceptors (Lipinski definition) is 1. The zero-order valence-electron chi connectivity index (χ0n) is 8.70. The van der Waals surface area contributed by atoms with E-state index < -0.39 is 0 Å².